The minimum Gasteiger partial charge on any atom is -0.426 e. The van der Waals surface area contributed by atoms with Gasteiger partial charge in [0.2, 0.25) is 6.54 Å². The van der Waals surface area contributed by atoms with Crippen LogP contribution in [0.1, 0.15) is 22.6 Å². The number of hydrogen-bond acceptors (Lipinski definition) is 4. The first kappa shape index (κ1) is 15.2. The van der Waals surface area contributed by atoms with Crippen molar-refractivity contribution < 1.29 is 14.5 Å². The van der Waals surface area contributed by atoms with E-state index in [2.05, 4.69) is 0 Å². The minimum absolute atomic E-state index is 0.287. The topological polar surface area (TPSA) is 69.4 Å². The van der Waals surface area contributed by atoms with Crippen LogP contribution in [0.25, 0.3) is 0 Å². The summed E-state index contributed by atoms with van der Waals surface area (Å²) < 4.78 is 5.39. The van der Waals surface area contributed by atoms with E-state index in [0.717, 1.165) is 16.7 Å². The Morgan fingerprint density at radius 1 is 1.22 bits per heavy atom. The number of nitrogens with zero attached hydrogens (tertiary/aromatic N) is 1. The van der Waals surface area contributed by atoms with Crippen molar-refractivity contribution in [3.8, 4) is 5.75 Å². The first-order valence-electron chi connectivity index (χ1n) is 7.52. The van der Waals surface area contributed by atoms with Crippen LogP contribution in [0.3, 0.4) is 0 Å². The van der Waals surface area contributed by atoms with Gasteiger partial charge in [-0.25, -0.2) is 0 Å². The first-order valence-corrected chi connectivity index (χ1v) is 7.52. The fraction of sp³-hybridized carbons (Fsp3) is 0.278. The van der Waals surface area contributed by atoms with Crippen LogP contribution in [-0.2, 0) is 11.2 Å². The molecular formula is C18H17NO4. The molecule has 1 heterocycles. The summed E-state index contributed by atoms with van der Waals surface area (Å²) in [6.45, 7) is 1.67. The van der Waals surface area contributed by atoms with Crippen molar-refractivity contribution >= 4 is 5.97 Å². The molecular weight excluding hydrogens is 294 g/mol. The molecule has 0 fully saturated rings. The standard InChI is InChI=1S/C18H17NO4/c1-12-6-8-13(9-7-12)16(11-19(21)22)15-10-14-4-2-3-5-17(14)23-18(15)20/h2-9,15-16H,10-11H2,1H3/t15-,16-/m1/s1. The van der Waals surface area contributed by atoms with Gasteiger partial charge in [0, 0.05) is 4.92 Å². The molecule has 0 saturated carbocycles. The van der Waals surface area contributed by atoms with Crippen LogP contribution in [0.15, 0.2) is 48.5 Å². The van der Waals surface area contributed by atoms with Crippen molar-refractivity contribution in [1.82, 2.24) is 0 Å². The molecule has 0 radical (unpaired) electrons. The average Bonchev–Trinajstić information content (AvgIpc) is 2.53. The van der Waals surface area contributed by atoms with E-state index < -0.39 is 17.8 Å². The zero-order chi connectivity index (χ0) is 16.4. The lowest BCUT2D eigenvalue weighted by molar-refractivity contribution is -0.484. The van der Waals surface area contributed by atoms with Crippen molar-refractivity contribution in [2.45, 2.75) is 19.3 Å². The van der Waals surface area contributed by atoms with Gasteiger partial charge in [0.1, 0.15) is 5.75 Å². The third kappa shape index (κ3) is 3.23. The predicted octanol–water partition coefficient (Wildman–Crippen LogP) is 3.13. The van der Waals surface area contributed by atoms with E-state index in [1.807, 2.05) is 43.3 Å². The molecule has 1 aliphatic heterocycles. The number of aryl methyl sites for hydroxylation is 1. The Balaban J connectivity index is 1.95. The van der Waals surface area contributed by atoms with Gasteiger partial charge in [0.25, 0.3) is 0 Å². The molecule has 118 valence electrons. The largest absolute Gasteiger partial charge is 0.426 e. The fourth-order valence-corrected chi connectivity index (χ4v) is 3.02. The van der Waals surface area contributed by atoms with Crippen molar-refractivity contribution in [3.63, 3.8) is 0 Å². The molecule has 0 N–H and O–H groups in total. The molecule has 3 rings (SSSR count). The number of fused-ring (bicyclic) bond motifs is 1. The summed E-state index contributed by atoms with van der Waals surface area (Å²) in [6, 6.07) is 14.9. The van der Waals surface area contributed by atoms with E-state index in [-0.39, 0.29) is 11.5 Å². The summed E-state index contributed by atoms with van der Waals surface area (Å²) in [6.07, 6.45) is 0.460. The van der Waals surface area contributed by atoms with E-state index in [1.165, 1.54) is 0 Å². The SMILES string of the molecule is Cc1ccc([C@@H](C[N+](=O)[O-])[C@H]2Cc3ccccc3OC2=O)cc1. The summed E-state index contributed by atoms with van der Waals surface area (Å²) in [7, 11) is 0. The zero-order valence-electron chi connectivity index (χ0n) is 12.8. The van der Waals surface area contributed by atoms with Gasteiger partial charge in [-0.15, -0.1) is 0 Å². The van der Waals surface area contributed by atoms with Gasteiger partial charge in [-0.1, -0.05) is 48.0 Å². The highest BCUT2D eigenvalue weighted by atomic mass is 16.6. The summed E-state index contributed by atoms with van der Waals surface area (Å²) in [4.78, 5) is 23.1. The molecule has 2 aromatic carbocycles. The Labute approximate surface area is 134 Å². The number of nitro groups is 1. The van der Waals surface area contributed by atoms with Crippen molar-refractivity contribution in [1.29, 1.82) is 0 Å². The van der Waals surface area contributed by atoms with Gasteiger partial charge in [-0.3, -0.25) is 14.9 Å². The highest BCUT2D eigenvalue weighted by molar-refractivity contribution is 5.79. The second-order valence-corrected chi connectivity index (χ2v) is 5.87. The third-order valence-electron chi connectivity index (χ3n) is 4.26. The van der Waals surface area contributed by atoms with Gasteiger partial charge < -0.3 is 4.74 Å². The van der Waals surface area contributed by atoms with Gasteiger partial charge in [0.05, 0.1) is 11.8 Å². The number of rotatable bonds is 4. The smallest absolute Gasteiger partial charge is 0.315 e. The molecule has 1 aliphatic rings. The van der Waals surface area contributed by atoms with E-state index >= 15 is 0 Å². The molecule has 5 heteroatoms. The van der Waals surface area contributed by atoms with Crippen LogP contribution < -0.4 is 4.74 Å². The molecule has 0 aliphatic carbocycles. The second kappa shape index (κ2) is 6.20. The van der Waals surface area contributed by atoms with Crippen LogP contribution in [0.5, 0.6) is 5.75 Å². The minimum atomic E-state index is -0.544. The van der Waals surface area contributed by atoms with Crippen molar-refractivity contribution in [3.05, 3.63) is 75.3 Å². The lowest BCUT2D eigenvalue weighted by Crippen LogP contribution is -2.35. The Hall–Kier alpha value is -2.69. The number of para-hydroxylation sites is 1. The fourth-order valence-electron chi connectivity index (χ4n) is 3.02. The molecule has 2 atom stereocenters. The molecule has 0 saturated heterocycles. The van der Waals surface area contributed by atoms with Crippen LogP contribution in [0.2, 0.25) is 0 Å². The number of carbonyl (C=O) groups excluding carboxylic acids is 1. The van der Waals surface area contributed by atoms with Gasteiger partial charge in [0.15, 0.2) is 0 Å². The molecule has 2 aromatic rings. The number of esters is 1. The zero-order valence-corrected chi connectivity index (χ0v) is 12.8. The van der Waals surface area contributed by atoms with Crippen LogP contribution >= 0.6 is 0 Å². The maximum atomic E-state index is 12.4. The second-order valence-electron chi connectivity index (χ2n) is 5.87. The number of ether oxygens (including phenoxy) is 1. The lowest BCUT2D eigenvalue weighted by atomic mass is 9.80. The monoisotopic (exact) mass is 311 g/mol. The summed E-state index contributed by atoms with van der Waals surface area (Å²) >= 11 is 0. The van der Waals surface area contributed by atoms with Gasteiger partial charge in [-0.2, -0.15) is 0 Å². The van der Waals surface area contributed by atoms with Crippen LogP contribution in [0, 0.1) is 23.0 Å². The Morgan fingerprint density at radius 2 is 1.91 bits per heavy atom. The summed E-state index contributed by atoms with van der Waals surface area (Å²) in [5.74, 6) is -0.877. The van der Waals surface area contributed by atoms with Gasteiger partial charge in [-0.05, 0) is 30.5 Å². The Kier molecular flexibility index (Phi) is 4.10. The molecule has 23 heavy (non-hydrogen) atoms. The molecule has 0 spiro atoms. The maximum absolute atomic E-state index is 12.4. The highest BCUT2D eigenvalue weighted by Gasteiger charge is 2.38. The van der Waals surface area contributed by atoms with Crippen molar-refractivity contribution in [2.75, 3.05) is 6.54 Å². The van der Waals surface area contributed by atoms with Crippen LogP contribution in [-0.4, -0.2) is 17.4 Å². The molecule has 0 amide bonds. The van der Waals surface area contributed by atoms with E-state index in [9.17, 15) is 14.9 Å². The number of hydrogen-bond donors (Lipinski definition) is 0. The average molecular weight is 311 g/mol. The highest BCUT2D eigenvalue weighted by Crippen LogP contribution is 2.36. The summed E-state index contributed by atoms with van der Waals surface area (Å²) in [5.41, 5.74) is 2.79. The van der Waals surface area contributed by atoms with E-state index in [0.29, 0.717) is 12.2 Å². The normalized spacial score (nSPS) is 18.0. The Bertz CT molecular complexity index is 739. The quantitative estimate of drug-likeness (QED) is 0.376. The van der Waals surface area contributed by atoms with Crippen molar-refractivity contribution in [2.24, 2.45) is 5.92 Å². The first-order chi connectivity index (χ1) is 11.0. The Morgan fingerprint density at radius 3 is 2.61 bits per heavy atom. The van der Waals surface area contributed by atoms with E-state index in [1.54, 1.807) is 12.1 Å². The lowest BCUT2D eigenvalue weighted by Gasteiger charge is -2.28. The number of benzene rings is 2. The molecule has 0 bridgehead atoms. The predicted molar refractivity (Wildman–Crippen MR) is 85.1 cm³/mol. The van der Waals surface area contributed by atoms with E-state index in [4.69, 9.17) is 4.74 Å². The third-order valence-corrected chi connectivity index (χ3v) is 4.26. The molecule has 5 nitrogen and oxygen atoms in total. The molecule has 0 aromatic heterocycles. The summed E-state index contributed by atoms with van der Waals surface area (Å²) in [5, 5.41) is 11.1. The maximum Gasteiger partial charge on any atom is 0.315 e. The van der Waals surface area contributed by atoms with Gasteiger partial charge >= 0.3 is 5.97 Å². The number of carbonyl (C=O) groups is 1. The molecule has 0 unspecified atom stereocenters. The van der Waals surface area contributed by atoms with Crippen LogP contribution in [0.4, 0.5) is 0 Å².